The smallest absolute Gasteiger partial charge is 0.326 e. The highest BCUT2D eigenvalue weighted by Crippen LogP contribution is 2.08. The van der Waals surface area contributed by atoms with E-state index in [0.717, 1.165) is 25.5 Å². The Balaban J connectivity index is 2.16. The summed E-state index contributed by atoms with van der Waals surface area (Å²) in [6.45, 7) is 1.33. The lowest BCUT2D eigenvalue weighted by molar-refractivity contribution is 0.0700. The van der Waals surface area contributed by atoms with Gasteiger partial charge in [-0.3, -0.25) is 14.6 Å². The molecule has 8 nitrogen and oxygen atoms in total. The molecule has 0 aromatic carbocycles. The van der Waals surface area contributed by atoms with Crippen molar-refractivity contribution in [2.45, 2.75) is 18.9 Å². The van der Waals surface area contributed by atoms with E-state index in [-0.39, 0.29) is 24.9 Å². The van der Waals surface area contributed by atoms with Gasteiger partial charge in [-0.15, -0.1) is 0 Å². The van der Waals surface area contributed by atoms with Crippen LogP contribution in [0, 0.1) is 0 Å². The summed E-state index contributed by atoms with van der Waals surface area (Å²) in [4.78, 5) is 40.5. The van der Waals surface area contributed by atoms with Crippen molar-refractivity contribution in [3.63, 3.8) is 0 Å². The zero-order chi connectivity index (χ0) is 14.5. The molecule has 1 amide bonds. The van der Waals surface area contributed by atoms with Crippen molar-refractivity contribution in [1.82, 2.24) is 20.2 Å². The number of hydrogen-bond acceptors (Lipinski definition) is 5. The van der Waals surface area contributed by atoms with Gasteiger partial charge in [-0.05, 0) is 19.4 Å². The molecule has 1 atom stereocenters. The van der Waals surface area contributed by atoms with Gasteiger partial charge in [-0.1, -0.05) is 0 Å². The second kappa shape index (κ2) is 6.49. The van der Waals surface area contributed by atoms with Crippen LogP contribution in [0.5, 0.6) is 0 Å². The summed E-state index contributed by atoms with van der Waals surface area (Å²) >= 11 is 0. The molecule has 0 spiro atoms. The van der Waals surface area contributed by atoms with E-state index in [1.165, 1.54) is 4.90 Å². The molecule has 2 heterocycles. The zero-order valence-electron chi connectivity index (χ0n) is 11.0. The Morgan fingerprint density at radius 2 is 2.20 bits per heavy atom. The summed E-state index contributed by atoms with van der Waals surface area (Å²) in [5.41, 5.74) is -1.41. The molecule has 1 fully saturated rings. The fourth-order valence-electron chi connectivity index (χ4n) is 2.33. The normalized spacial score (nSPS) is 18.1. The van der Waals surface area contributed by atoms with Crippen LogP contribution < -0.4 is 16.6 Å². The van der Waals surface area contributed by atoms with Gasteiger partial charge in [0.15, 0.2) is 0 Å². The fraction of sp³-hybridized carbons (Fsp3) is 0.583. The molecule has 1 aliphatic heterocycles. The van der Waals surface area contributed by atoms with E-state index < -0.39 is 17.2 Å². The predicted octanol–water partition coefficient (Wildman–Crippen LogP) is -1.75. The third-order valence-electron chi connectivity index (χ3n) is 3.25. The van der Waals surface area contributed by atoms with Gasteiger partial charge < -0.3 is 20.3 Å². The van der Waals surface area contributed by atoms with E-state index in [4.69, 9.17) is 5.11 Å². The number of aromatic amines is 2. The van der Waals surface area contributed by atoms with Gasteiger partial charge in [-0.2, -0.15) is 0 Å². The van der Waals surface area contributed by atoms with Crippen LogP contribution in [0.3, 0.4) is 0 Å². The van der Waals surface area contributed by atoms with Crippen molar-refractivity contribution >= 4 is 5.91 Å². The quantitative estimate of drug-likeness (QED) is 0.511. The van der Waals surface area contributed by atoms with E-state index in [2.05, 4.69) is 10.3 Å². The first-order chi connectivity index (χ1) is 9.60. The molecule has 1 aromatic heterocycles. The maximum atomic E-state index is 12.3. The van der Waals surface area contributed by atoms with Crippen LogP contribution in [-0.4, -0.2) is 58.2 Å². The van der Waals surface area contributed by atoms with Crippen molar-refractivity contribution in [3.05, 3.63) is 32.6 Å². The Labute approximate surface area is 114 Å². The number of amides is 1. The highest BCUT2D eigenvalue weighted by atomic mass is 16.3. The molecule has 0 radical (unpaired) electrons. The molecule has 0 saturated carbocycles. The van der Waals surface area contributed by atoms with Gasteiger partial charge in [0.2, 0.25) is 0 Å². The first kappa shape index (κ1) is 14.5. The van der Waals surface area contributed by atoms with Gasteiger partial charge in [0.05, 0.1) is 6.61 Å². The topological polar surface area (TPSA) is 118 Å². The van der Waals surface area contributed by atoms with Crippen LogP contribution in [-0.2, 0) is 0 Å². The van der Waals surface area contributed by atoms with Crippen LogP contribution in [0.4, 0.5) is 0 Å². The minimum absolute atomic E-state index is 0.0646. The van der Waals surface area contributed by atoms with E-state index in [1.807, 2.05) is 4.98 Å². The average molecular weight is 282 g/mol. The molecule has 110 valence electrons. The van der Waals surface area contributed by atoms with Crippen LogP contribution in [0.15, 0.2) is 15.7 Å². The molecule has 8 heteroatoms. The van der Waals surface area contributed by atoms with Gasteiger partial charge in [0.1, 0.15) is 5.69 Å². The summed E-state index contributed by atoms with van der Waals surface area (Å²) in [6, 6.07) is 1.23. The van der Waals surface area contributed by atoms with Gasteiger partial charge in [0, 0.05) is 25.2 Å². The first-order valence-corrected chi connectivity index (χ1v) is 6.57. The van der Waals surface area contributed by atoms with Gasteiger partial charge in [-0.25, -0.2) is 4.79 Å². The molecule has 1 aromatic rings. The highest BCUT2D eigenvalue weighted by Gasteiger charge is 2.22. The standard InChI is InChI=1S/C12H18N4O4/c17-5-4-16(7-8-2-1-3-13-8)11(19)9-6-10(18)15-12(20)14-9/h6,8,13,17H,1-5,7H2,(H2,14,15,18,20). The molecule has 1 saturated heterocycles. The van der Waals surface area contributed by atoms with E-state index >= 15 is 0 Å². The number of aliphatic hydroxyl groups is 1. The van der Waals surface area contributed by atoms with Gasteiger partial charge >= 0.3 is 5.69 Å². The molecular weight excluding hydrogens is 264 g/mol. The lowest BCUT2D eigenvalue weighted by atomic mass is 10.2. The van der Waals surface area contributed by atoms with Crippen molar-refractivity contribution in [2.75, 3.05) is 26.2 Å². The number of nitrogens with zero attached hydrogens (tertiary/aromatic N) is 1. The number of nitrogens with one attached hydrogen (secondary N) is 3. The van der Waals surface area contributed by atoms with Gasteiger partial charge in [0.25, 0.3) is 11.5 Å². The van der Waals surface area contributed by atoms with Crippen LogP contribution in [0.25, 0.3) is 0 Å². The maximum Gasteiger partial charge on any atom is 0.326 e. The zero-order valence-corrected chi connectivity index (χ0v) is 11.0. The van der Waals surface area contributed by atoms with E-state index in [0.29, 0.717) is 6.54 Å². The first-order valence-electron chi connectivity index (χ1n) is 6.57. The molecular formula is C12H18N4O4. The monoisotopic (exact) mass is 282 g/mol. The summed E-state index contributed by atoms with van der Waals surface area (Å²) in [5, 5.41) is 12.3. The second-order valence-electron chi connectivity index (χ2n) is 4.77. The number of aromatic nitrogens is 2. The number of aliphatic hydroxyl groups excluding tert-OH is 1. The Hall–Kier alpha value is -1.93. The van der Waals surface area contributed by atoms with E-state index in [1.54, 1.807) is 0 Å². The Morgan fingerprint density at radius 3 is 2.80 bits per heavy atom. The Kier molecular flexibility index (Phi) is 4.70. The number of H-pyrrole nitrogens is 2. The number of rotatable bonds is 5. The second-order valence-corrected chi connectivity index (χ2v) is 4.77. The van der Waals surface area contributed by atoms with Crippen molar-refractivity contribution in [3.8, 4) is 0 Å². The Morgan fingerprint density at radius 1 is 1.40 bits per heavy atom. The molecule has 1 aliphatic rings. The molecule has 20 heavy (non-hydrogen) atoms. The fourth-order valence-corrected chi connectivity index (χ4v) is 2.33. The largest absolute Gasteiger partial charge is 0.395 e. The average Bonchev–Trinajstić information content (AvgIpc) is 2.89. The SMILES string of the molecule is O=C(c1cc(=O)[nH]c(=O)[nH]1)N(CCO)CC1CCCN1. The van der Waals surface area contributed by atoms with Crippen LogP contribution in [0.2, 0.25) is 0 Å². The number of hydrogen-bond donors (Lipinski definition) is 4. The minimum atomic E-state index is -0.719. The third-order valence-corrected chi connectivity index (χ3v) is 3.25. The lowest BCUT2D eigenvalue weighted by Gasteiger charge is -2.24. The maximum absolute atomic E-state index is 12.3. The number of carbonyl (C=O) groups is 1. The number of carbonyl (C=O) groups excluding carboxylic acids is 1. The van der Waals surface area contributed by atoms with Crippen molar-refractivity contribution < 1.29 is 9.90 Å². The van der Waals surface area contributed by atoms with E-state index in [9.17, 15) is 14.4 Å². The van der Waals surface area contributed by atoms with Crippen molar-refractivity contribution in [1.29, 1.82) is 0 Å². The minimum Gasteiger partial charge on any atom is -0.395 e. The van der Waals surface area contributed by atoms with Crippen LogP contribution >= 0.6 is 0 Å². The lowest BCUT2D eigenvalue weighted by Crippen LogP contribution is -2.43. The Bertz CT molecular complexity index is 545. The molecule has 4 N–H and O–H groups in total. The summed E-state index contributed by atoms with van der Waals surface area (Å²) < 4.78 is 0. The third kappa shape index (κ3) is 3.55. The van der Waals surface area contributed by atoms with Crippen molar-refractivity contribution in [2.24, 2.45) is 0 Å². The molecule has 0 aliphatic carbocycles. The molecule has 2 rings (SSSR count). The predicted molar refractivity (Wildman–Crippen MR) is 71.7 cm³/mol. The summed E-state index contributed by atoms with van der Waals surface area (Å²) in [5.74, 6) is -0.462. The summed E-state index contributed by atoms with van der Waals surface area (Å²) in [6.07, 6.45) is 2.01. The van der Waals surface area contributed by atoms with Crippen LogP contribution in [0.1, 0.15) is 23.3 Å². The molecule has 1 unspecified atom stereocenters. The molecule has 0 bridgehead atoms. The highest BCUT2D eigenvalue weighted by molar-refractivity contribution is 5.92. The summed E-state index contributed by atoms with van der Waals surface area (Å²) in [7, 11) is 0.